The van der Waals surface area contributed by atoms with Crippen molar-refractivity contribution in [2.24, 2.45) is 11.8 Å². The van der Waals surface area contributed by atoms with Gasteiger partial charge in [-0.2, -0.15) is 0 Å². The third-order valence-electron chi connectivity index (χ3n) is 4.80. The number of nitrogens with zero attached hydrogens (tertiary/aromatic N) is 2. The van der Waals surface area contributed by atoms with Crippen molar-refractivity contribution in [3.8, 4) is 5.75 Å². The Morgan fingerprint density at radius 1 is 1.28 bits per heavy atom. The Hall–Kier alpha value is -2.30. The minimum Gasteiger partial charge on any atom is -0.489 e. The first-order valence-electron chi connectivity index (χ1n) is 8.88. The quantitative estimate of drug-likeness (QED) is 0.843. The van der Waals surface area contributed by atoms with Crippen molar-refractivity contribution in [3.63, 3.8) is 0 Å². The zero-order chi connectivity index (χ0) is 18.0. The van der Waals surface area contributed by atoms with Crippen LogP contribution in [0, 0.1) is 25.7 Å². The normalized spacial score (nSPS) is 20.6. The molecule has 2 aromatic rings. The average molecular weight is 342 g/mol. The van der Waals surface area contributed by atoms with Crippen molar-refractivity contribution in [2.75, 3.05) is 13.1 Å². The maximum absolute atomic E-state index is 12.8. The van der Waals surface area contributed by atoms with Crippen LogP contribution in [-0.4, -0.2) is 29.1 Å². The molecule has 5 nitrogen and oxygen atoms in total. The van der Waals surface area contributed by atoms with Gasteiger partial charge in [-0.25, -0.2) is 0 Å². The Balaban J connectivity index is 1.69. The van der Waals surface area contributed by atoms with Crippen molar-refractivity contribution in [3.05, 3.63) is 46.8 Å². The number of amides is 1. The van der Waals surface area contributed by atoms with E-state index in [2.05, 4.69) is 19.0 Å². The zero-order valence-corrected chi connectivity index (χ0v) is 15.4. The van der Waals surface area contributed by atoms with E-state index in [4.69, 9.17) is 9.26 Å². The fourth-order valence-corrected chi connectivity index (χ4v) is 3.59. The highest BCUT2D eigenvalue weighted by Crippen LogP contribution is 2.24. The van der Waals surface area contributed by atoms with Crippen LogP contribution in [0.15, 0.2) is 28.8 Å². The first-order valence-corrected chi connectivity index (χ1v) is 8.88. The molecule has 0 bridgehead atoms. The third kappa shape index (κ3) is 4.03. The summed E-state index contributed by atoms with van der Waals surface area (Å²) in [6, 6.07) is 7.42. The first-order chi connectivity index (χ1) is 11.9. The summed E-state index contributed by atoms with van der Waals surface area (Å²) < 4.78 is 11.0. The van der Waals surface area contributed by atoms with Gasteiger partial charge >= 0.3 is 0 Å². The van der Waals surface area contributed by atoms with E-state index in [1.165, 1.54) is 6.42 Å². The SMILES string of the molecule is Cc1noc(C)c1COc1cccc(C(=O)N2C[C@H](C)C[C@@H](C)C2)c1. The van der Waals surface area contributed by atoms with E-state index < -0.39 is 0 Å². The highest BCUT2D eigenvalue weighted by molar-refractivity contribution is 5.94. The number of likely N-dealkylation sites (tertiary alicyclic amines) is 1. The van der Waals surface area contributed by atoms with Gasteiger partial charge in [-0.15, -0.1) is 0 Å². The molecule has 1 aromatic heterocycles. The van der Waals surface area contributed by atoms with Crippen LogP contribution in [-0.2, 0) is 6.61 Å². The number of hydrogen-bond donors (Lipinski definition) is 0. The van der Waals surface area contributed by atoms with E-state index in [0.717, 1.165) is 30.1 Å². The second kappa shape index (κ2) is 7.30. The summed E-state index contributed by atoms with van der Waals surface area (Å²) in [5.74, 6) is 2.63. The van der Waals surface area contributed by atoms with Gasteiger partial charge in [-0.1, -0.05) is 25.1 Å². The van der Waals surface area contributed by atoms with Crippen molar-refractivity contribution >= 4 is 5.91 Å². The number of hydrogen-bond acceptors (Lipinski definition) is 4. The molecule has 0 radical (unpaired) electrons. The molecule has 0 aliphatic carbocycles. The largest absolute Gasteiger partial charge is 0.489 e. The number of carbonyl (C=O) groups is 1. The van der Waals surface area contributed by atoms with Gasteiger partial charge in [0.2, 0.25) is 0 Å². The summed E-state index contributed by atoms with van der Waals surface area (Å²) in [7, 11) is 0. The lowest BCUT2D eigenvalue weighted by molar-refractivity contribution is 0.0622. The van der Waals surface area contributed by atoms with Crippen molar-refractivity contribution < 1.29 is 14.1 Å². The van der Waals surface area contributed by atoms with Crippen LogP contribution in [0.4, 0.5) is 0 Å². The van der Waals surface area contributed by atoms with Crippen molar-refractivity contribution in [2.45, 2.75) is 40.7 Å². The van der Waals surface area contributed by atoms with Gasteiger partial charge in [0.05, 0.1) is 11.3 Å². The van der Waals surface area contributed by atoms with Crippen LogP contribution in [0.1, 0.15) is 47.6 Å². The minimum atomic E-state index is 0.0844. The Labute approximate surface area is 148 Å². The van der Waals surface area contributed by atoms with Crippen LogP contribution in [0.3, 0.4) is 0 Å². The fourth-order valence-electron chi connectivity index (χ4n) is 3.59. The number of carbonyl (C=O) groups excluding carboxylic acids is 1. The lowest BCUT2D eigenvalue weighted by atomic mass is 9.91. The molecule has 2 atom stereocenters. The Kier molecular flexibility index (Phi) is 5.11. The van der Waals surface area contributed by atoms with Gasteiger partial charge in [-0.3, -0.25) is 4.79 Å². The molecule has 1 aliphatic heterocycles. The number of aryl methyl sites for hydroxylation is 2. The molecular formula is C20H26N2O3. The second-order valence-corrected chi connectivity index (χ2v) is 7.28. The van der Waals surface area contributed by atoms with Crippen LogP contribution in [0.2, 0.25) is 0 Å². The van der Waals surface area contributed by atoms with Crippen molar-refractivity contribution in [1.82, 2.24) is 10.1 Å². The molecule has 0 saturated carbocycles. The van der Waals surface area contributed by atoms with Gasteiger partial charge in [0, 0.05) is 18.7 Å². The van der Waals surface area contributed by atoms with E-state index >= 15 is 0 Å². The molecule has 3 rings (SSSR count). The molecule has 1 aliphatic rings. The Morgan fingerprint density at radius 3 is 2.64 bits per heavy atom. The zero-order valence-electron chi connectivity index (χ0n) is 15.4. The van der Waals surface area contributed by atoms with Gasteiger partial charge < -0.3 is 14.2 Å². The predicted octanol–water partition coefficient (Wildman–Crippen LogP) is 3.99. The van der Waals surface area contributed by atoms with E-state index in [0.29, 0.717) is 29.8 Å². The highest BCUT2D eigenvalue weighted by Gasteiger charge is 2.26. The molecule has 1 saturated heterocycles. The molecular weight excluding hydrogens is 316 g/mol. The smallest absolute Gasteiger partial charge is 0.254 e. The van der Waals surface area contributed by atoms with Crippen molar-refractivity contribution in [1.29, 1.82) is 0 Å². The fraction of sp³-hybridized carbons (Fsp3) is 0.500. The number of rotatable bonds is 4. The van der Waals surface area contributed by atoms with E-state index in [1.54, 1.807) is 0 Å². The maximum Gasteiger partial charge on any atom is 0.254 e. The van der Waals surface area contributed by atoms with Crippen LogP contribution in [0.25, 0.3) is 0 Å². The van der Waals surface area contributed by atoms with E-state index in [9.17, 15) is 4.79 Å². The summed E-state index contributed by atoms with van der Waals surface area (Å²) in [5, 5.41) is 3.93. The topological polar surface area (TPSA) is 55.6 Å². The molecule has 2 heterocycles. The van der Waals surface area contributed by atoms with E-state index in [-0.39, 0.29) is 5.91 Å². The predicted molar refractivity (Wildman–Crippen MR) is 95.6 cm³/mol. The second-order valence-electron chi connectivity index (χ2n) is 7.28. The lowest BCUT2D eigenvalue weighted by Crippen LogP contribution is -2.42. The molecule has 1 fully saturated rings. The van der Waals surface area contributed by atoms with Gasteiger partial charge in [0.1, 0.15) is 18.1 Å². The molecule has 0 spiro atoms. The third-order valence-corrected chi connectivity index (χ3v) is 4.80. The summed E-state index contributed by atoms with van der Waals surface area (Å²) >= 11 is 0. The molecule has 134 valence electrons. The standard InChI is InChI=1S/C20H26N2O3/c1-13-8-14(2)11-22(10-13)20(23)17-6-5-7-18(9-17)24-12-19-15(3)21-25-16(19)4/h5-7,9,13-14H,8,10-12H2,1-4H3/t13-,14-/m1/s1. The average Bonchev–Trinajstić information content (AvgIpc) is 2.90. The number of benzene rings is 1. The van der Waals surface area contributed by atoms with Crippen LogP contribution < -0.4 is 4.74 Å². The van der Waals surface area contributed by atoms with E-state index in [1.807, 2.05) is 43.0 Å². The lowest BCUT2D eigenvalue weighted by Gasteiger charge is -2.35. The van der Waals surface area contributed by atoms with Gasteiger partial charge in [0.15, 0.2) is 0 Å². The summed E-state index contributed by atoms with van der Waals surface area (Å²) in [5.41, 5.74) is 2.47. The number of aromatic nitrogens is 1. The monoisotopic (exact) mass is 342 g/mol. The Bertz CT molecular complexity index is 724. The summed E-state index contributed by atoms with van der Waals surface area (Å²) in [4.78, 5) is 14.8. The molecule has 5 heteroatoms. The molecule has 0 unspecified atom stereocenters. The van der Waals surface area contributed by atoms with Crippen LogP contribution in [0.5, 0.6) is 5.75 Å². The summed E-state index contributed by atoms with van der Waals surface area (Å²) in [6.45, 7) is 10.2. The van der Waals surface area contributed by atoms with Crippen LogP contribution >= 0.6 is 0 Å². The minimum absolute atomic E-state index is 0.0844. The molecule has 1 aromatic carbocycles. The highest BCUT2D eigenvalue weighted by atomic mass is 16.5. The Morgan fingerprint density at radius 2 is 2.00 bits per heavy atom. The van der Waals surface area contributed by atoms with Gasteiger partial charge in [-0.05, 0) is 50.3 Å². The number of piperidine rings is 1. The van der Waals surface area contributed by atoms with Gasteiger partial charge in [0.25, 0.3) is 5.91 Å². The molecule has 25 heavy (non-hydrogen) atoms. The molecule has 1 amide bonds. The summed E-state index contributed by atoms with van der Waals surface area (Å²) in [6.07, 6.45) is 1.18. The molecule has 0 N–H and O–H groups in total. The number of ether oxygens (including phenoxy) is 1. The first kappa shape index (κ1) is 17.5. The maximum atomic E-state index is 12.8.